The Kier molecular flexibility index (Phi) is 2.47. The smallest absolute Gasteiger partial charge is 0.0647 e. The Morgan fingerprint density at radius 3 is 2.53 bits per heavy atom. The fourth-order valence-corrected chi connectivity index (χ4v) is 4.70. The van der Waals surface area contributed by atoms with E-state index in [2.05, 4.69) is 13.8 Å². The first-order valence-electron chi connectivity index (χ1n) is 6.95. The van der Waals surface area contributed by atoms with Crippen molar-refractivity contribution >= 4 is 0 Å². The molecule has 0 saturated heterocycles. The molecule has 0 spiro atoms. The maximum atomic E-state index is 9.70. The molecule has 4 atom stereocenters. The normalized spacial score (nSPS) is 48.7. The monoisotopic (exact) mass is 236 g/mol. The topological polar surface area (TPSA) is 40.5 Å². The second kappa shape index (κ2) is 3.58. The van der Waals surface area contributed by atoms with Crippen molar-refractivity contribution in [1.82, 2.24) is 0 Å². The number of hydrogen-bond acceptors (Lipinski definition) is 2. The van der Waals surface area contributed by atoms with Gasteiger partial charge in [-0.15, -0.1) is 0 Å². The van der Waals surface area contributed by atoms with Crippen LogP contribution in [0.15, 0.2) is 11.1 Å². The number of rotatable bonds is 2. The number of allylic oxidation sites excluding steroid dienone is 1. The van der Waals surface area contributed by atoms with Crippen molar-refractivity contribution in [1.29, 1.82) is 0 Å². The first kappa shape index (κ1) is 11.7. The third kappa shape index (κ3) is 1.53. The zero-order chi connectivity index (χ0) is 12.3. The molecule has 96 valence electrons. The van der Waals surface area contributed by atoms with Crippen LogP contribution in [0.5, 0.6) is 0 Å². The van der Waals surface area contributed by atoms with E-state index in [-0.39, 0.29) is 18.6 Å². The van der Waals surface area contributed by atoms with Gasteiger partial charge in [-0.1, -0.05) is 19.4 Å². The highest BCUT2D eigenvalue weighted by atomic mass is 16.3. The molecule has 2 N–H and O–H groups in total. The van der Waals surface area contributed by atoms with Crippen molar-refractivity contribution in [2.24, 2.45) is 22.7 Å². The lowest BCUT2D eigenvalue weighted by molar-refractivity contribution is 0.0288. The van der Waals surface area contributed by atoms with Crippen LogP contribution >= 0.6 is 0 Å². The van der Waals surface area contributed by atoms with Gasteiger partial charge in [-0.25, -0.2) is 0 Å². The van der Waals surface area contributed by atoms with Crippen LogP contribution in [0.4, 0.5) is 0 Å². The lowest BCUT2D eigenvalue weighted by Crippen LogP contribution is -2.44. The minimum atomic E-state index is 0.0700. The van der Waals surface area contributed by atoms with Crippen molar-refractivity contribution < 1.29 is 10.2 Å². The molecule has 0 bridgehead atoms. The second-order valence-electron chi connectivity index (χ2n) is 7.20. The van der Waals surface area contributed by atoms with E-state index in [0.717, 1.165) is 12.8 Å². The molecule has 0 aromatic rings. The average molecular weight is 236 g/mol. The van der Waals surface area contributed by atoms with Crippen molar-refractivity contribution in [3.05, 3.63) is 11.1 Å². The summed E-state index contributed by atoms with van der Waals surface area (Å²) in [5, 5.41) is 19.3. The van der Waals surface area contributed by atoms with E-state index >= 15 is 0 Å². The van der Waals surface area contributed by atoms with Crippen LogP contribution in [-0.2, 0) is 0 Å². The minimum absolute atomic E-state index is 0.0700. The average Bonchev–Trinajstić information content (AvgIpc) is 2.61. The molecular formula is C15H24O2. The quantitative estimate of drug-likeness (QED) is 0.723. The van der Waals surface area contributed by atoms with E-state index in [1.165, 1.54) is 30.4 Å². The lowest BCUT2D eigenvalue weighted by Gasteiger charge is -2.53. The fourth-order valence-electron chi connectivity index (χ4n) is 4.70. The van der Waals surface area contributed by atoms with Crippen LogP contribution in [0.25, 0.3) is 0 Å². The minimum Gasteiger partial charge on any atom is -0.396 e. The van der Waals surface area contributed by atoms with E-state index in [4.69, 9.17) is 0 Å². The van der Waals surface area contributed by atoms with Crippen molar-refractivity contribution in [3.63, 3.8) is 0 Å². The van der Waals surface area contributed by atoms with Gasteiger partial charge in [-0.05, 0) is 60.3 Å². The van der Waals surface area contributed by atoms with Crippen molar-refractivity contribution in [2.45, 2.75) is 46.0 Å². The molecule has 0 aromatic carbocycles. The SMILES string of the molecule is C[C@@]1(CO)CC2=C(CO)[C@H]3CC[C@@]3(C)C[C@@H]2C1. The fraction of sp³-hybridized carbons (Fsp3) is 0.867. The molecular weight excluding hydrogens is 212 g/mol. The van der Waals surface area contributed by atoms with Gasteiger partial charge in [0, 0.05) is 6.61 Å². The molecule has 0 amide bonds. The zero-order valence-corrected chi connectivity index (χ0v) is 11.0. The van der Waals surface area contributed by atoms with Gasteiger partial charge in [-0.3, -0.25) is 0 Å². The van der Waals surface area contributed by atoms with Crippen LogP contribution in [0.1, 0.15) is 46.0 Å². The summed E-state index contributed by atoms with van der Waals surface area (Å²) in [6, 6.07) is 0. The predicted molar refractivity (Wildman–Crippen MR) is 67.5 cm³/mol. The summed E-state index contributed by atoms with van der Waals surface area (Å²) in [6.07, 6.45) is 5.99. The highest BCUT2D eigenvalue weighted by Gasteiger charge is 2.53. The molecule has 3 rings (SSSR count). The molecule has 3 aliphatic rings. The second-order valence-corrected chi connectivity index (χ2v) is 7.20. The summed E-state index contributed by atoms with van der Waals surface area (Å²) in [7, 11) is 0. The predicted octanol–water partition coefficient (Wildman–Crippen LogP) is 2.50. The molecule has 2 fully saturated rings. The first-order chi connectivity index (χ1) is 8.01. The van der Waals surface area contributed by atoms with Gasteiger partial charge >= 0.3 is 0 Å². The van der Waals surface area contributed by atoms with Crippen molar-refractivity contribution in [2.75, 3.05) is 13.2 Å². The summed E-state index contributed by atoms with van der Waals surface area (Å²) in [5.74, 6) is 1.27. The molecule has 2 heteroatoms. The molecule has 17 heavy (non-hydrogen) atoms. The Hall–Kier alpha value is -0.340. The Morgan fingerprint density at radius 2 is 2.00 bits per heavy atom. The largest absolute Gasteiger partial charge is 0.396 e. The summed E-state index contributed by atoms with van der Waals surface area (Å²) in [4.78, 5) is 0. The Bertz CT molecular complexity index is 373. The van der Waals surface area contributed by atoms with Gasteiger partial charge in [0.25, 0.3) is 0 Å². The molecule has 2 saturated carbocycles. The van der Waals surface area contributed by atoms with E-state index < -0.39 is 0 Å². The van der Waals surface area contributed by atoms with E-state index in [9.17, 15) is 10.2 Å². The molecule has 0 unspecified atom stereocenters. The standard InChI is InChI=1S/C15H24O2/c1-14(9-17)5-10-6-15(2)4-3-13(15)12(8-16)11(10)7-14/h10,13,16-17H,3-9H2,1-2H3/t10-,13+,14-,15-/m0/s1. The van der Waals surface area contributed by atoms with Crippen LogP contribution in [0.3, 0.4) is 0 Å². The number of aliphatic hydroxyl groups is 2. The van der Waals surface area contributed by atoms with Crippen LogP contribution in [0, 0.1) is 22.7 Å². The van der Waals surface area contributed by atoms with E-state index in [1.54, 1.807) is 0 Å². The molecule has 3 aliphatic carbocycles. The molecule has 0 aromatic heterocycles. The summed E-state index contributed by atoms with van der Waals surface area (Å²) >= 11 is 0. The molecule has 0 heterocycles. The number of fused-ring (bicyclic) bond motifs is 2. The third-order valence-electron chi connectivity index (χ3n) is 5.79. The van der Waals surface area contributed by atoms with Gasteiger partial charge in [-0.2, -0.15) is 0 Å². The Labute approximate surface area is 104 Å². The Balaban J connectivity index is 1.97. The first-order valence-corrected chi connectivity index (χ1v) is 6.95. The van der Waals surface area contributed by atoms with Gasteiger partial charge in [0.15, 0.2) is 0 Å². The van der Waals surface area contributed by atoms with Gasteiger partial charge in [0.1, 0.15) is 0 Å². The number of hydrogen-bond donors (Lipinski definition) is 2. The number of aliphatic hydroxyl groups excluding tert-OH is 2. The summed E-state index contributed by atoms with van der Waals surface area (Å²) in [5.41, 5.74) is 3.37. The van der Waals surface area contributed by atoms with Crippen molar-refractivity contribution in [3.8, 4) is 0 Å². The molecule has 0 aliphatic heterocycles. The summed E-state index contributed by atoms with van der Waals surface area (Å²) < 4.78 is 0. The van der Waals surface area contributed by atoms with Gasteiger partial charge < -0.3 is 10.2 Å². The lowest BCUT2D eigenvalue weighted by atomic mass is 9.51. The van der Waals surface area contributed by atoms with E-state index in [0.29, 0.717) is 17.3 Å². The van der Waals surface area contributed by atoms with Crippen LogP contribution < -0.4 is 0 Å². The van der Waals surface area contributed by atoms with Gasteiger partial charge in [0.2, 0.25) is 0 Å². The zero-order valence-electron chi connectivity index (χ0n) is 11.0. The molecule has 2 nitrogen and oxygen atoms in total. The van der Waals surface area contributed by atoms with Crippen LogP contribution in [-0.4, -0.2) is 23.4 Å². The van der Waals surface area contributed by atoms with Gasteiger partial charge in [0.05, 0.1) is 6.61 Å². The maximum Gasteiger partial charge on any atom is 0.0647 e. The van der Waals surface area contributed by atoms with E-state index in [1.807, 2.05) is 0 Å². The third-order valence-corrected chi connectivity index (χ3v) is 5.79. The highest BCUT2D eigenvalue weighted by molar-refractivity contribution is 5.33. The maximum absolute atomic E-state index is 9.70. The Morgan fingerprint density at radius 1 is 1.24 bits per heavy atom. The molecule has 0 radical (unpaired) electrons. The van der Waals surface area contributed by atoms with Crippen LogP contribution in [0.2, 0.25) is 0 Å². The highest BCUT2D eigenvalue weighted by Crippen LogP contribution is 2.63. The summed E-state index contributed by atoms with van der Waals surface area (Å²) in [6.45, 7) is 5.11.